The van der Waals surface area contributed by atoms with E-state index in [0.717, 1.165) is 0 Å². The van der Waals surface area contributed by atoms with Gasteiger partial charge in [0.05, 0.1) is 0 Å². The molecule has 0 unspecified atom stereocenters. The molecule has 9 heavy (non-hydrogen) atoms. The Morgan fingerprint density at radius 1 is 0.889 bits per heavy atom. The SMILES string of the molecule is [Al+3].[K+].[Li+].[O-][Si]([O-])([O-])[O-].[OH-]. The van der Waals surface area contributed by atoms with Crippen LogP contribution in [-0.2, 0) is 0 Å². The summed E-state index contributed by atoms with van der Waals surface area (Å²) in [6, 6.07) is 0. The van der Waals surface area contributed by atoms with Gasteiger partial charge >= 0.3 is 87.6 Å². The predicted octanol–water partition coefficient (Wildman–Crippen LogP) is -11.7. The maximum absolute atomic E-state index is 8.58. The first-order valence-corrected chi connectivity index (χ1v) is 2.45. The fourth-order valence-corrected chi connectivity index (χ4v) is 0. The van der Waals surface area contributed by atoms with Crippen molar-refractivity contribution in [2.45, 2.75) is 0 Å². The van der Waals surface area contributed by atoms with Crippen molar-refractivity contribution in [3.05, 3.63) is 0 Å². The molecule has 5 nitrogen and oxygen atoms in total. The van der Waals surface area contributed by atoms with Gasteiger partial charge in [-0.1, -0.05) is 0 Å². The molecule has 1 N–H and O–H groups in total. The van der Waals surface area contributed by atoms with Gasteiger partial charge in [0, 0.05) is 0 Å². The molecule has 0 aliphatic carbocycles. The number of rotatable bonds is 0. The van der Waals surface area contributed by atoms with Crippen LogP contribution in [0.3, 0.4) is 0 Å². The molecule has 0 rings (SSSR count). The van der Waals surface area contributed by atoms with E-state index >= 15 is 0 Å². The van der Waals surface area contributed by atoms with Gasteiger partial charge in [-0.2, -0.15) is 0 Å². The molecule has 0 aliphatic heterocycles. The average molecular weight is 182 g/mol. The van der Waals surface area contributed by atoms with E-state index in [2.05, 4.69) is 0 Å². The minimum absolute atomic E-state index is 0. The second-order valence-corrected chi connectivity index (χ2v) is 1.50. The molecule has 0 bridgehead atoms. The van der Waals surface area contributed by atoms with Gasteiger partial charge in [0.2, 0.25) is 0 Å². The number of hydrogen-bond donors (Lipinski definition) is 0. The quantitative estimate of drug-likeness (QED) is 0.344. The first-order valence-electron chi connectivity index (χ1n) is 0.816. The van der Waals surface area contributed by atoms with E-state index in [9.17, 15) is 0 Å². The number of hydrogen-bond acceptors (Lipinski definition) is 5. The van der Waals surface area contributed by atoms with Crippen molar-refractivity contribution in [1.82, 2.24) is 0 Å². The van der Waals surface area contributed by atoms with Crippen LogP contribution in [0.5, 0.6) is 0 Å². The molecule has 0 aromatic carbocycles. The molecule has 0 saturated carbocycles. The summed E-state index contributed by atoms with van der Waals surface area (Å²) < 4.78 is 0. The van der Waals surface area contributed by atoms with E-state index in [1.54, 1.807) is 0 Å². The third kappa shape index (κ3) is 107. The Morgan fingerprint density at radius 3 is 0.889 bits per heavy atom. The Morgan fingerprint density at radius 2 is 0.889 bits per heavy atom. The van der Waals surface area contributed by atoms with Crippen molar-refractivity contribution in [2.75, 3.05) is 0 Å². The van der Waals surface area contributed by atoms with Crippen LogP contribution in [0.4, 0.5) is 0 Å². The van der Waals surface area contributed by atoms with Crippen LogP contribution in [0.1, 0.15) is 0 Å². The van der Waals surface area contributed by atoms with Gasteiger partial charge in [-0.15, -0.1) is 0 Å². The zero-order valence-electron chi connectivity index (χ0n) is 5.16. The van der Waals surface area contributed by atoms with Crippen molar-refractivity contribution in [2.24, 2.45) is 0 Å². The van der Waals surface area contributed by atoms with E-state index in [1.807, 2.05) is 0 Å². The molecular formula is HAlKLiO5Si. The minimum atomic E-state index is -5.61. The molecule has 0 amide bonds. The van der Waals surface area contributed by atoms with E-state index in [1.165, 1.54) is 0 Å². The van der Waals surface area contributed by atoms with Gasteiger partial charge in [0.25, 0.3) is 0 Å². The molecule has 0 aromatic rings. The molecule has 0 aromatic heterocycles. The van der Waals surface area contributed by atoms with Crippen LogP contribution in [0.15, 0.2) is 0 Å². The van der Waals surface area contributed by atoms with Crippen molar-refractivity contribution in [1.29, 1.82) is 0 Å². The Kier molecular flexibility index (Phi) is 44.3. The second kappa shape index (κ2) is 13.4. The van der Waals surface area contributed by atoms with Gasteiger partial charge in [0.15, 0.2) is 0 Å². The molecule has 0 atom stereocenters. The minimum Gasteiger partial charge on any atom is -0.894 e. The van der Waals surface area contributed by atoms with E-state index in [0.29, 0.717) is 0 Å². The van der Waals surface area contributed by atoms with Gasteiger partial charge in [-0.25, -0.2) is 0 Å². The standard InChI is InChI=1S/Al.K.Li.O4Si.H2O/c;;;1-5(2,3)4;/h;;;;1H2/q+3;2*+1;-4;/p-1. The first kappa shape index (κ1) is 29.8. The molecule has 0 fully saturated rings. The monoisotopic (exact) mass is 182 g/mol. The Labute approximate surface area is 119 Å². The van der Waals surface area contributed by atoms with Gasteiger partial charge < -0.3 is 33.7 Å². The molecular weight excluding hydrogens is 181 g/mol. The largest absolute Gasteiger partial charge is 3.00 e. The maximum atomic E-state index is 8.58. The van der Waals surface area contributed by atoms with Crippen molar-refractivity contribution < 1.29 is 94.9 Å². The second-order valence-electron chi connectivity index (χ2n) is 0.500. The molecule has 0 spiro atoms. The summed E-state index contributed by atoms with van der Waals surface area (Å²) in [7, 11) is -5.61. The smallest absolute Gasteiger partial charge is 0.894 e. The van der Waals surface area contributed by atoms with Crippen molar-refractivity contribution in [3.63, 3.8) is 0 Å². The van der Waals surface area contributed by atoms with Crippen molar-refractivity contribution >= 4 is 26.4 Å². The van der Waals surface area contributed by atoms with Crippen LogP contribution in [0, 0.1) is 0 Å². The summed E-state index contributed by atoms with van der Waals surface area (Å²) in [4.78, 5) is 34.3. The third-order valence-corrected chi connectivity index (χ3v) is 0. The zero-order chi connectivity index (χ0) is 4.50. The van der Waals surface area contributed by atoms with E-state index in [-0.39, 0.29) is 93.1 Å². The predicted molar refractivity (Wildman–Crippen MR) is 13.4 cm³/mol. The summed E-state index contributed by atoms with van der Waals surface area (Å²) in [6.45, 7) is 0. The summed E-state index contributed by atoms with van der Waals surface area (Å²) in [6.07, 6.45) is 0. The van der Waals surface area contributed by atoms with E-state index in [4.69, 9.17) is 19.2 Å². The topological polar surface area (TPSA) is 122 Å². The van der Waals surface area contributed by atoms with Gasteiger partial charge in [-0.05, 0) is 0 Å². The van der Waals surface area contributed by atoms with Crippen molar-refractivity contribution in [3.8, 4) is 0 Å². The fourth-order valence-electron chi connectivity index (χ4n) is 0. The zero-order valence-corrected chi connectivity index (χ0v) is 10.4. The van der Waals surface area contributed by atoms with Crippen LogP contribution in [-0.4, -0.2) is 31.9 Å². The summed E-state index contributed by atoms with van der Waals surface area (Å²) in [5.41, 5.74) is 0. The first-order chi connectivity index (χ1) is 2.00. The summed E-state index contributed by atoms with van der Waals surface area (Å²) >= 11 is 0. The summed E-state index contributed by atoms with van der Waals surface area (Å²) in [5, 5.41) is 0. The molecule has 0 aliphatic rings. The van der Waals surface area contributed by atoms with Crippen LogP contribution in [0.25, 0.3) is 0 Å². The third-order valence-electron chi connectivity index (χ3n) is 0. The average Bonchev–Trinajstić information content (AvgIpc) is 0.722. The molecule has 40 valence electrons. The Hall–Kier alpha value is 2.78. The van der Waals surface area contributed by atoms with Crippen LogP contribution >= 0.6 is 0 Å². The Bertz CT molecular complexity index is 32.4. The maximum Gasteiger partial charge on any atom is 3.00 e. The van der Waals surface area contributed by atoms with Crippen LogP contribution < -0.4 is 89.4 Å². The normalized spacial score (nSPS) is 6.67. The molecule has 0 heterocycles. The van der Waals surface area contributed by atoms with Crippen LogP contribution in [0.2, 0.25) is 0 Å². The molecule has 0 radical (unpaired) electrons. The molecule has 9 heteroatoms. The Balaban J connectivity index is -0.0000000133. The van der Waals surface area contributed by atoms with Gasteiger partial charge in [0.1, 0.15) is 0 Å². The van der Waals surface area contributed by atoms with Gasteiger partial charge in [-0.3, -0.25) is 0 Å². The van der Waals surface area contributed by atoms with E-state index < -0.39 is 9.05 Å². The summed E-state index contributed by atoms with van der Waals surface area (Å²) in [5.74, 6) is 0. The fraction of sp³-hybridized carbons (Fsp3) is 0. The molecule has 0 saturated heterocycles.